The van der Waals surface area contributed by atoms with Gasteiger partial charge in [-0.1, -0.05) is 31.1 Å². The molecule has 0 amide bonds. The number of aryl methyl sites for hydroxylation is 1. The van der Waals surface area contributed by atoms with E-state index in [1.165, 1.54) is 44.5 Å². The van der Waals surface area contributed by atoms with Gasteiger partial charge in [-0.05, 0) is 56.8 Å². The Labute approximate surface area is 203 Å². The number of hydrogen-bond acceptors (Lipinski definition) is 5. The fourth-order valence-electron chi connectivity index (χ4n) is 3.76. The predicted octanol–water partition coefficient (Wildman–Crippen LogP) is 3.89. The molecule has 0 spiro atoms. The highest BCUT2D eigenvalue weighted by molar-refractivity contribution is 14.0. The number of aromatic nitrogens is 2. The number of rotatable bonds is 9. The second kappa shape index (κ2) is 13.7. The Kier molecular flexibility index (Phi) is 11.3. The zero-order valence-corrected chi connectivity index (χ0v) is 21.4. The Morgan fingerprint density at radius 1 is 1.16 bits per heavy atom. The second-order valence-corrected chi connectivity index (χ2v) is 7.84. The summed E-state index contributed by atoms with van der Waals surface area (Å²) in [5.74, 6) is 2.25. The molecule has 0 aliphatic carbocycles. The Hall–Kier alpha value is -1.68. The molecule has 31 heavy (non-hydrogen) atoms. The molecule has 1 saturated heterocycles. The van der Waals surface area contributed by atoms with E-state index < -0.39 is 0 Å². The number of aliphatic imine (C=N–C) groups is 1. The molecule has 1 fully saturated rings. The first-order chi connectivity index (χ1) is 14.7. The highest BCUT2D eigenvalue weighted by Gasteiger charge is 2.19. The van der Waals surface area contributed by atoms with Crippen molar-refractivity contribution in [1.29, 1.82) is 0 Å². The fraction of sp³-hybridized carbons (Fsp3) is 0.609. The first kappa shape index (κ1) is 25.6. The maximum absolute atomic E-state index is 5.31. The smallest absolute Gasteiger partial charge is 0.257 e. The fourth-order valence-corrected chi connectivity index (χ4v) is 3.76. The van der Waals surface area contributed by atoms with Gasteiger partial charge in [0.2, 0.25) is 0 Å². The minimum Gasteiger partial charge on any atom is -0.357 e. The molecule has 1 aromatic carbocycles. The maximum atomic E-state index is 5.31. The van der Waals surface area contributed by atoms with Crippen LogP contribution in [0.15, 0.2) is 33.8 Å². The monoisotopic (exact) mass is 540 g/mol. The minimum absolute atomic E-state index is 0. The molecule has 2 N–H and O–H groups in total. The molecular weight excluding hydrogens is 503 g/mol. The molecule has 7 nitrogen and oxygen atoms in total. The van der Waals surface area contributed by atoms with E-state index in [0.717, 1.165) is 43.3 Å². The van der Waals surface area contributed by atoms with Crippen LogP contribution in [0.1, 0.15) is 51.4 Å². The molecule has 0 atom stereocenters. The molecule has 1 aliphatic heterocycles. The molecular formula is C23H37IN6O. The number of halogens is 1. The Bertz CT molecular complexity index is 784. The Balaban J connectivity index is 0.00000341. The van der Waals surface area contributed by atoms with Crippen molar-refractivity contribution in [2.75, 3.05) is 32.7 Å². The number of hydrogen-bond donors (Lipinski definition) is 2. The van der Waals surface area contributed by atoms with Crippen LogP contribution in [0.4, 0.5) is 0 Å². The van der Waals surface area contributed by atoms with Gasteiger partial charge in [0.15, 0.2) is 11.8 Å². The maximum Gasteiger partial charge on any atom is 0.257 e. The summed E-state index contributed by atoms with van der Waals surface area (Å²) < 4.78 is 5.31. The SMILES string of the molecule is CCCN1CCC(NC(=NCCc2ccc(-c3nc(CC)no3)cc2)NCC)CC1.I. The first-order valence-electron chi connectivity index (χ1n) is 11.4. The quantitative estimate of drug-likeness (QED) is 0.286. The predicted molar refractivity (Wildman–Crippen MR) is 137 cm³/mol. The third kappa shape index (κ3) is 8.07. The highest BCUT2D eigenvalue weighted by atomic mass is 127. The number of benzene rings is 1. The summed E-state index contributed by atoms with van der Waals surface area (Å²) in [6.45, 7) is 11.6. The van der Waals surface area contributed by atoms with Gasteiger partial charge in [-0.25, -0.2) is 0 Å². The zero-order valence-electron chi connectivity index (χ0n) is 19.1. The lowest BCUT2D eigenvalue weighted by Gasteiger charge is -2.32. The van der Waals surface area contributed by atoms with Crippen LogP contribution in [-0.4, -0.2) is 59.8 Å². The van der Waals surface area contributed by atoms with Gasteiger partial charge in [0.05, 0.1) is 0 Å². The van der Waals surface area contributed by atoms with Crippen molar-refractivity contribution in [1.82, 2.24) is 25.7 Å². The van der Waals surface area contributed by atoms with Gasteiger partial charge in [0, 0.05) is 44.2 Å². The van der Waals surface area contributed by atoms with Gasteiger partial charge < -0.3 is 20.1 Å². The summed E-state index contributed by atoms with van der Waals surface area (Å²) in [5.41, 5.74) is 2.21. The minimum atomic E-state index is 0. The summed E-state index contributed by atoms with van der Waals surface area (Å²) in [7, 11) is 0. The second-order valence-electron chi connectivity index (χ2n) is 7.84. The van der Waals surface area contributed by atoms with Gasteiger partial charge in [-0.15, -0.1) is 24.0 Å². The van der Waals surface area contributed by atoms with E-state index in [1.54, 1.807) is 0 Å². The van der Waals surface area contributed by atoms with Gasteiger partial charge in [0.1, 0.15) is 0 Å². The van der Waals surface area contributed by atoms with Crippen LogP contribution in [0, 0.1) is 0 Å². The molecule has 0 saturated carbocycles. The molecule has 1 aliphatic rings. The summed E-state index contributed by atoms with van der Waals surface area (Å²) in [6, 6.07) is 8.83. The first-order valence-corrected chi connectivity index (χ1v) is 11.4. The third-order valence-electron chi connectivity index (χ3n) is 5.47. The van der Waals surface area contributed by atoms with Crippen LogP contribution in [-0.2, 0) is 12.8 Å². The lowest BCUT2D eigenvalue weighted by molar-refractivity contribution is 0.206. The van der Waals surface area contributed by atoms with Crippen molar-refractivity contribution in [2.45, 2.75) is 58.9 Å². The number of guanidine groups is 1. The molecule has 172 valence electrons. The van der Waals surface area contributed by atoms with Crippen LogP contribution < -0.4 is 10.6 Å². The third-order valence-corrected chi connectivity index (χ3v) is 5.47. The van der Waals surface area contributed by atoms with Crippen LogP contribution >= 0.6 is 24.0 Å². The molecule has 3 rings (SSSR count). The topological polar surface area (TPSA) is 78.6 Å². The van der Waals surface area contributed by atoms with Crippen molar-refractivity contribution in [3.05, 3.63) is 35.7 Å². The van der Waals surface area contributed by atoms with Crippen LogP contribution in [0.2, 0.25) is 0 Å². The van der Waals surface area contributed by atoms with Crippen molar-refractivity contribution >= 4 is 29.9 Å². The number of nitrogens with one attached hydrogen (secondary N) is 2. The Morgan fingerprint density at radius 3 is 2.52 bits per heavy atom. The molecule has 1 aromatic heterocycles. The number of piperidine rings is 1. The summed E-state index contributed by atoms with van der Waals surface area (Å²) >= 11 is 0. The van der Waals surface area contributed by atoms with E-state index in [4.69, 9.17) is 9.52 Å². The lowest BCUT2D eigenvalue weighted by Crippen LogP contribution is -2.48. The standard InChI is InChI=1S/C23H36N6O.HI/c1-4-15-29-16-12-20(13-17-29)26-23(24-6-3)25-14-11-18-7-9-19(10-8-18)22-27-21(5-2)28-30-22;/h7-10,20H,4-6,11-17H2,1-3H3,(H2,24,25,26);1H. The van der Waals surface area contributed by atoms with Gasteiger partial charge in [-0.3, -0.25) is 4.99 Å². The molecule has 8 heteroatoms. The molecule has 0 radical (unpaired) electrons. The summed E-state index contributed by atoms with van der Waals surface area (Å²) in [4.78, 5) is 11.7. The average molecular weight is 540 g/mol. The van der Waals surface area contributed by atoms with E-state index in [1.807, 2.05) is 19.1 Å². The zero-order chi connectivity index (χ0) is 21.2. The number of nitrogens with zero attached hydrogens (tertiary/aromatic N) is 4. The molecule has 0 unspecified atom stereocenters. The van der Waals surface area contributed by atoms with Crippen molar-refractivity contribution in [3.8, 4) is 11.5 Å². The van der Waals surface area contributed by atoms with E-state index in [9.17, 15) is 0 Å². The largest absolute Gasteiger partial charge is 0.357 e. The van der Waals surface area contributed by atoms with Crippen molar-refractivity contribution in [3.63, 3.8) is 0 Å². The lowest BCUT2D eigenvalue weighted by atomic mass is 10.1. The van der Waals surface area contributed by atoms with E-state index in [2.05, 4.69) is 51.7 Å². The van der Waals surface area contributed by atoms with Crippen LogP contribution in [0.5, 0.6) is 0 Å². The van der Waals surface area contributed by atoms with Gasteiger partial charge in [-0.2, -0.15) is 4.98 Å². The summed E-state index contributed by atoms with van der Waals surface area (Å²) in [6.07, 6.45) is 5.27. The van der Waals surface area contributed by atoms with E-state index >= 15 is 0 Å². The van der Waals surface area contributed by atoms with Crippen LogP contribution in [0.25, 0.3) is 11.5 Å². The van der Waals surface area contributed by atoms with Crippen molar-refractivity contribution < 1.29 is 4.52 Å². The number of likely N-dealkylation sites (tertiary alicyclic amines) is 1. The van der Waals surface area contributed by atoms with Gasteiger partial charge >= 0.3 is 0 Å². The molecule has 2 aromatic rings. The average Bonchev–Trinajstić information content (AvgIpc) is 3.25. The summed E-state index contributed by atoms with van der Waals surface area (Å²) in [5, 5.41) is 11.0. The molecule has 0 bridgehead atoms. The highest BCUT2D eigenvalue weighted by Crippen LogP contribution is 2.18. The normalized spacial score (nSPS) is 15.5. The van der Waals surface area contributed by atoms with Crippen LogP contribution in [0.3, 0.4) is 0 Å². The molecule has 2 heterocycles. The van der Waals surface area contributed by atoms with Gasteiger partial charge in [0.25, 0.3) is 5.89 Å². The van der Waals surface area contributed by atoms with Crippen molar-refractivity contribution in [2.24, 2.45) is 4.99 Å². The van der Waals surface area contributed by atoms with E-state index in [-0.39, 0.29) is 24.0 Å². The Morgan fingerprint density at radius 2 is 1.90 bits per heavy atom. The van der Waals surface area contributed by atoms with E-state index in [0.29, 0.717) is 11.9 Å².